The number of amides is 1. The summed E-state index contributed by atoms with van der Waals surface area (Å²) in [7, 11) is 0. The quantitative estimate of drug-likeness (QED) is 0.520. The molecule has 2 N–H and O–H groups in total. The Bertz CT molecular complexity index is 854. The van der Waals surface area contributed by atoms with Gasteiger partial charge in [0.1, 0.15) is 6.04 Å². The first kappa shape index (κ1) is 21.0. The lowest BCUT2D eigenvalue weighted by Crippen LogP contribution is -2.41. The number of nitro benzene ring substituents is 1. The van der Waals surface area contributed by atoms with Crippen LogP contribution >= 0.6 is 0 Å². The Labute approximate surface area is 161 Å². The molecule has 150 valence electrons. The van der Waals surface area contributed by atoms with E-state index in [4.69, 9.17) is 4.74 Å². The number of nitrogens with zero attached hydrogens (tertiary/aromatic N) is 3. The van der Waals surface area contributed by atoms with Crippen LogP contribution in [0.5, 0.6) is 0 Å². The number of rotatable bonds is 8. The lowest BCUT2D eigenvalue weighted by molar-refractivity contribution is -0.384. The van der Waals surface area contributed by atoms with Gasteiger partial charge in [-0.2, -0.15) is 5.10 Å². The molecule has 0 saturated heterocycles. The molecule has 10 heteroatoms. The summed E-state index contributed by atoms with van der Waals surface area (Å²) in [5.41, 5.74) is 0.230. The lowest BCUT2D eigenvalue weighted by atomic mass is 10.1. The first-order chi connectivity index (χ1) is 13.1. The first-order valence-electron chi connectivity index (χ1n) is 8.54. The molecular formula is C18H22N4O6. The van der Waals surface area contributed by atoms with Gasteiger partial charge in [-0.05, 0) is 32.9 Å². The summed E-state index contributed by atoms with van der Waals surface area (Å²) in [4.78, 5) is 33.9. The van der Waals surface area contributed by atoms with Gasteiger partial charge in [-0.3, -0.25) is 14.9 Å². The van der Waals surface area contributed by atoms with Crippen molar-refractivity contribution in [3.63, 3.8) is 0 Å². The van der Waals surface area contributed by atoms with Crippen molar-refractivity contribution in [1.82, 2.24) is 15.1 Å². The van der Waals surface area contributed by atoms with Crippen molar-refractivity contribution < 1.29 is 24.4 Å². The van der Waals surface area contributed by atoms with Gasteiger partial charge in [0.25, 0.3) is 11.6 Å². The number of nitrogens with one attached hydrogen (secondary N) is 1. The van der Waals surface area contributed by atoms with Crippen molar-refractivity contribution in [2.24, 2.45) is 0 Å². The second-order valence-corrected chi connectivity index (χ2v) is 7.06. The minimum atomic E-state index is -1.16. The van der Waals surface area contributed by atoms with Gasteiger partial charge in [-0.25, -0.2) is 9.48 Å². The predicted molar refractivity (Wildman–Crippen MR) is 99.4 cm³/mol. The molecule has 0 aliphatic rings. The molecule has 0 aliphatic carbocycles. The van der Waals surface area contributed by atoms with E-state index in [0.717, 1.165) is 0 Å². The number of carboxylic acids is 1. The number of non-ortho nitro benzene ring substituents is 1. The Morgan fingerprint density at radius 1 is 1.32 bits per heavy atom. The van der Waals surface area contributed by atoms with Crippen LogP contribution in [0.1, 0.15) is 37.6 Å². The van der Waals surface area contributed by atoms with E-state index in [1.165, 1.54) is 41.3 Å². The molecule has 0 fully saturated rings. The number of hydrogen-bond acceptors (Lipinski definition) is 6. The summed E-state index contributed by atoms with van der Waals surface area (Å²) in [6.07, 6.45) is 2.83. The average Bonchev–Trinajstić information content (AvgIpc) is 3.10. The van der Waals surface area contributed by atoms with Gasteiger partial charge in [-0.1, -0.05) is 0 Å². The first-order valence-corrected chi connectivity index (χ1v) is 8.54. The van der Waals surface area contributed by atoms with Crippen LogP contribution in [0.2, 0.25) is 0 Å². The highest BCUT2D eigenvalue weighted by Crippen LogP contribution is 2.15. The van der Waals surface area contributed by atoms with Gasteiger partial charge in [0, 0.05) is 31.4 Å². The molecule has 1 unspecified atom stereocenters. The van der Waals surface area contributed by atoms with E-state index >= 15 is 0 Å². The van der Waals surface area contributed by atoms with Crippen molar-refractivity contribution in [1.29, 1.82) is 0 Å². The van der Waals surface area contributed by atoms with Crippen LogP contribution in [-0.2, 0) is 9.53 Å². The van der Waals surface area contributed by atoms with Crippen LogP contribution in [0.25, 0.3) is 5.69 Å². The molecule has 0 spiro atoms. The number of aliphatic carboxylic acids is 1. The Balaban J connectivity index is 2.03. The van der Waals surface area contributed by atoms with Crippen molar-refractivity contribution in [3.05, 3.63) is 52.3 Å². The van der Waals surface area contributed by atoms with Crippen molar-refractivity contribution in [2.45, 2.75) is 38.8 Å². The zero-order valence-corrected chi connectivity index (χ0v) is 15.8. The molecule has 0 aliphatic heterocycles. The highest BCUT2D eigenvalue weighted by atomic mass is 16.6. The molecule has 0 radical (unpaired) electrons. The predicted octanol–water partition coefficient (Wildman–Crippen LogP) is 2.17. The molecule has 1 heterocycles. The minimum absolute atomic E-state index is 0.0596. The summed E-state index contributed by atoms with van der Waals surface area (Å²) in [5, 5.41) is 26.5. The normalized spacial score (nSPS) is 12.4. The molecule has 1 amide bonds. The van der Waals surface area contributed by atoms with Crippen LogP contribution in [0.3, 0.4) is 0 Å². The van der Waals surface area contributed by atoms with Crippen LogP contribution in [0.4, 0.5) is 5.69 Å². The topological polar surface area (TPSA) is 137 Å². The fraction of sp³-hybridized carbons (Fsp3) is 0.389. The van der Waals surface area contributed by atoms with E-state index in [2.05, 4.69) is 10.4 Å². The molecule has 2 rings (SSSR count). The van der Waals surface area contributed by atoms with Gasteiger partial charge in [0.15, 0.2) is 0 Å². The molecule has 28 heavy (non-hydrogen) atoms. The van der Waals surface area contributed by atoms with E-state index in [-0.39, 0.29) is 24.3 Å². The molecule has 1 aromatic carbocycles. The standard InChI is InChI=1S/C18H22N4O6/c1-18(2,3)28-9-8-15(17(24)25)20-16(23)12-10-19-21(11-12)13-4-6-14(7-5-13)22(26)27/h4-7,10-11,15H,8-9H2,1-3H3,(H,20,23)(H,24,25). The maximum atomic E-state index is 12.3. The zero-order chi connectivity index (χ0) is 20.9. The molecule has 1 atom stereocenters. The van der Waals surface area contributed by atoms with Gasteiger partial charge >= 0.3 is 5.97 Å². The Hall–Kier alpha value is -3.27. The second kappa shape index (κ2) is 8.61. The van der Waals surface area contributed by atoms with E-state index in [1.54, 1.807) is 0 Å². The number of nitro groups is 1. The van der Waals surface area contributed by atoms with E-state index < -0.39 is 28.4 Å². The highest BCUT2D eigenvalue weighted by Gasteiger charge is 2.22. The number of ether oxygens (including phenoxy) is 1. The third-order valence-electron chi connectivity index (χ3n) is 3.71. The highest BCUT2D eigenvalue weighted by molar-refractivity contribution is 5.96. The molecule has 0 bridgehead atoms. The number of carbonyl (C=O) groups is 2. The Morgan fingerprint density at radius 3 is 2.50 bits per heavy atom. The summed E-state index contributed by atoms with van der Waals surface area (Å²) in [5.74, 6) is -1.75. The lowest BCUT2D eigenvalue weighted by Gasteiger charge is -2.21. The molecule has 1 aromatic heterocycles. The van der Waals surface area contributed by atoms with Gasteiger partial charge < -0.3 is 15.2 Å². The van der Waals surface area contributed by atoms with Crippen LogP contribution in [0.15, 0.2) is 36.7 Å². The smallest absolute Gasteiger partial charge is 0.326 e. The summed E-state index contributed by atoms with van der Waals surface area (Å²) in [6.45, 7) is 5.75. The molecule has 0 saturated carbocycles. The van der Waals surface area contributed by atoms with Gasteiger partial charge in [-0.15, -0.1) is 0 Å². The largest absolute Gasteiger partial charge is 0.480 e. The fourth-order valence-electron chi connectivity index (χ4n) is 2.29. The summed E-state index contributed by atoms with van der Waals surface area (Å²) >= 11 is 0. The van der Waals surface area contributed by atoms with E-state index in [0.29, 0.717) is 5.69 Å². The maximum Gasteiger partial charge on any atom is 0.326 e. The van der Waals surface area contributed by atoms with Crippen LogP contribution in [0, 0.1) is 10.1 Å². The van der Waals surface area contributed by atoms with Crippen molar-refractivity contribution in [3.8, 4) is 5.69 Å². The zero-order valence-electron chi connectivity index (χ0n) is 15.8. The van der Waals surface area contributed by atoms with Crippen molar-refractivity contribution >= 4 is 17.6 Å². The molecule has 2 aromatic rings. The second-order valence-electron chi connectivity index (χ2n) is 7.06. The third kappa shape index (κ3) is 5.88. The fourth-order valence-corrected chi connectivity index (χ4v) is 2.29. The Kier molecular flexibility index (Phi) is 6.47. The summed E-state index contributed by atoms with van der Waals surface area (Å²) in [6, 6.07) is 4.55. The molecule has 10 nitrogen and oxygen atoms in total. The number of aromatic nitrogens is 2. The van der Waals surface area contributed by atoms with Gasteiger partial charge in [0.2, 0.25) is 0 Å². The van der Waals surface area contributed by atoms with E-state index in [1.807, 2.05) is 20.8 Å². The maximum absolute atomic E-state index is 12.3. The minimum Gasteiger partial charge on any atom is -0.480 e. The number of hydrogen-bond donors (Lipinski definition) is 2. The van der Waals surface area contributed by atoms with E-state index in [9.17, 15) is 24.8 Å². The van der Waals surface area contributed by atoms with Crippen molar-refractivity contribution in [2.75, 3.05) is 6.61 Å². The SMILES string of the molecule is CC(C)(C)OCCC(NC(=O)c1cnn(-c2ccc([N+](=O)[O-])cc2)c1)C(=O)O. The number of carboxylic acid groups (broad SMARTS) is 1. The monoisotopic (exact) mass is 390 g/mol. The number of benzene rings is 1. The third-order valence-corrected chi connectivity index (χ3v) is 3.71. The van der Waals surface area contributed by atoms with Gasteiger partial charge in [0.05, 0.1) is 28.0 Å². The molecular weight excluding hydrogens is 368 g/mol. The van der Waals surface area contributed by atoms with Crippen LogP contribution in [-0.4, -0.2) is 49.9 Å². The Morgan fingerprint density at radius 2 is 1.96 bits per heavy atom. The van der Waals surface area contributed by atoms with Crippen LogP contribution < -0.4 is 5.32 Å². The number of carbonyl (C=O) groups excluding carboxylic acids is 1. The summed E-state index contributed by atoms with van der Waals surface area (Å²) < 4.78 is 6.88. The average molecular weight is 390 g/mol.